The van der Waals surface area contributed by atoms with Crippen molar-refractivity contribution in [2.24, 2.45) is 0 Å². The van der Waals surface area contributed by atoms with Crippen molar-refractivity contribution in [1.29, 1.82) is 0 Å². The zero-order valence-corrected chi connectivity index (χ0v) is 15.0. The Morgan fingerprint density at radius 2 is 1.93 bits per heavy atom. The maximum atomic E-state index is 12.7. The van der Waals surface area contributed by atoms with Gasteiger partial charge in [0.25, 0.3) is 11.5 Å². The number of carbonyl (C=O) groups excluding carboxylic acids is 1. The molecule has 1 N–H and O–H groups in total. The first-order valence-electron chi connectivity index (χ1n) is 9.17. The molecule has 0 saturated carbocycles. The maximum Gasteiger partial charge on any atom is 0.274 e. The van der Waals surface area contributed by atoms with E-state index in [9.17, 15) is 9.59 Å². The molecule has 138 valence electrons. The van der Waals surface area contributed by atoms with Crippen LogP contribution in [0.3, 0.4) is 0 Å². The Kier molecular flexibility index (Phi) is 4.82. The summed E-state index contributed by atoms with van der Waals surface area (Å²) in [5.41, 5.74) is 0.447. The topological polar surface area (TPSA) is 80.1 Å². The third-order valence-corrected chi connectivity index (χ3v) is 4.81. The number of hydrogen-bond acceptors (Lipinski definition) is 5. The fourth-order valence-electron chi connectivity index (χ4n) is 3.38. The molecule has 1 fully saturated rings. The molecule has 3 aromatic rings. The van der Waals surface area contributed by atoms with Crippen LogP contribution in [-0.4, -0.2) is 45.2 Å². The second kappa shape index (κ2) is 7.57. The van der Waals surface area contributed by atoms with E-state index >= 15 is 0 Å². The highest BCUT2D eigenvalue weighted by Gasteiger charge is 2.22. The normalized spacial score (nSPS) is 13.9. The van der Waals surface area contributed by atoms with Crippen LogP contribution in [0.2, 0.25) is 0 Å². The van der Waals surface area contributed by atoms with E-state index in [1.165, 1.54) is 4.68 Å². The number of hydrogen-bond donors (Lipinski definition) is 1. The molecular formula is C20H21N5O2. The van der Waals surface area contributed by atoms with E-state index in [0.717, 1.165) is 31.3 Å². The van der Waals surface area contributed by atoms with Gasteiger partial charge < -0.3 is 10.2 Å². The molecule has 1 aromatic carbocycles. The Balaban J connectivity index is 1.48. The molecule has 27 heavy (non-hydrogen) atoms. The molecule has 0 bridgehead atoms. The number of rotatable bonds is 5. The molecule has 0 unspecified atom stereocenters. The molecule has 7 heteroatoms. The van der Waals surface area contributed by atoms with Crippen molar-refractivity contribution in [3.8, 4) is 0 Å². The summed E-state index contributed by atoms with van der Waals surface area (Å²) in [7, 11) is 0. The zero-order valence-electron chi connectivity index (χ0n) is 15.0. The molecule has 2 aromatic heterocycles. The highest BCUT2D eigenvalue weighted by Crippen LogP contribution is 2.18. The maximum absolute atomic E-state index is 12.7. The first-order chi connectivity index (χ1) is 13.2. The van der Waals surface area contributed by atoms with Gasteiger partial charge in [-0.05, 0) is 31.0 Å². The Morgan fingerprint density at radius 1 is 1.11 bits per heavy atom. The number of carbonyl (C=O) groups is 1. The first-order valence-corrected chi connectivity index (χ1v) is 9.17. The summed E-state index contributed by atoms with van der Waals surface area (Å²) in [6.07, 6.45) is 5.44. The number of anilines is 1. The van der Waals surface area contributed by atoms with Crippen molar-refractivity contribution in [3.05, 3.63) is 64.7 Å². The van der Waals surface area contributed by atoms with E-state index in [4.69, 9.17) is 0 Å². The number of nitrogens with zero attached hydrogens (tertiary/aromatic N) is 4. The molecule has 0 radical (unpaired) electrons. The lowest BCUT2D eigenvalue weighted by Crippen LogP contribution is -2.29. The summed E-state index contributed by atoms with van der Waals surface area (Å²) in [6.45, 7) is 2.42. The van der Waals surface area contributed by atoms with Crippen LogP contribution in [-0.2, 0) is 6.54 Å². The predicted octanol–water partition coefficient (Wildman–Crippen LogP) is 2.14. The molecule has 1 amide bonds. The summed E-state index contributed by atoms with van der Waals surface area (Å²) < 4.78 is 1.43. The molecule has 7 nitrogen and oxygen atoms in total. The monoisotopic (exact) mass is 363 g/mol. The van der Waals surface area contributed by atoms with E-state index in [-0.39, 0.29) is 11.5 Å². The molecule has 0 spiro atoms. The SMILES string of the molecule is O=C(c1cccnc1NCCn1ncc2ccccc2c1=O)N1CCCC1. The van der Waals surface area contributed by atoms with Gasteiger partial charge in [-0.2, -0.15) is 5.10 Å². The second-order valence-corrected chi connectivity index (χ2v) is 6.59. The van der Waals surface area contributed by atoms with Crippen LogP contribution in [0.15, 0.2) is 53.6 Å². The number of aromatic nitrogens is 3. The Labute approximate surface area is 156 Å². The smallest absolute Gasteiger partial charge is 0.274 e. The molecule has 3 heterocycles. The summed E-state index contributed by atoms with van der Waals surface area (Å²) >= 11 is 0. The van der Waals surface area contributed by atoms with Gasteiger partial charge in [-0.15, -0.1) is 0 Å². The minimum absolute atomic E-state index is 0.00379. The van der Waals surface area contributed by atoms with Crippen molar-refractivity contribution in [1.82, 2.24) is 19.7 Å². The van der Waals surface area contributed by atoms with Crippen molar-refractivity contribution in [3.63, 3.8) is 0 Å². The first kappa shape index (κ1) is 17.2. The summed E-state index contributed by atoms with van der Waals surface area (Å²) in [6, 6.07) is 11.0. The third kappa shape index (κ3) is 3.53. The minimum atomic E-state index is -0.121. The number of nitrogens with one attached hydrogen (secondary N) is 1. The summed E-state index contributed by atoms with van der Waals surface area (Å²) in [5.74, 6) is 0.548. The van der Waals surface area contributed by atoms with Crippen molar-refractivity contribution >= 4 is 22.5 Å². The van der Waals surface area contributed by atoms with Gasteiger partial charge in [0.15, 0.2) is 0 Å². The molecule has 4 rings (SSSR count). The van der Waals surface area contributed by atoms with Crippen LogP contribution in [0.25, 0.3) is 10.8 Å². The van der Waals surface area contributed by atoms with Gasteiger partial charge in [-0.1, -0.05) is 18.2 Å². The molecule has 1 aliphatic heterocycles. The van der Waals surface area contributed by atoms with Crippen molar-refractivity contribution < 1.29 is 4.79 Å². The predicted molar refractivity (Wildman–Crippen MR) is 104 cm³/mol. The highest BCUT2D eigenvalue weighted by molar-refractivity contribution is 5.98. The molecule has 0 atom stereocenters. The van der Waals surface area contributed by atoms with E-state index in [0.29, 0.717) is 29.9 Å². The lowest BCUT2D eigenvalue weighted by molar-refractivity contribution is 0.0793. The van der Waals surface area contributed by atoms with E-state index in [1.54, 1.807) is 30.6 Å². The molecule has 1 saturated heterocycles. The van der Waals surface area contributed by atoms with Crippen LogP contribution in [0.5, 0.6) is 0 Å². The number of benzene rings is 1. The second-order valence-electron chi connectivity index (χ2n) is 6.59. The lowest BCUT2D eigenvalue weighted by atomic mass is 10.2. The average molecular weight is 363 g/mol. The molecular weight excluding hydrogens is 342 g/mol. The van der Waals surface area contributed by atoms with E-state index in [1.807, 2.05) is 23.1 Å². The Morgan fingerprint density at radius 3 is 2.78 bits per heavy atom. The van der Waals surface area contributed by atoms with Gasteiger partial charge in [0.2, 0.25) is 0 Å². The fourth-order valence-corrected chi connectivity index (χ4v) is 3.38. The summed E-state index contributed by atoms with van der Waals surface area (Å²) in [4.78, 5) is 31.4. The summed E-state index contributed by atoms with van der Waals surface area (Å²) in [5, 5.41) is 8.89. The number of fused-ring (bicyclic) bond motifs is 1. The van der Waals surface area contributed by atoms with Crippen molar-refractivity contribution in [2.45, 2.75) is 19.4 Å². The van der Waals surface area contributed by atoms with Gasteiger partial charge >= 0.3 is 0 Å². The largest absolute Gasteiger partial charge is 0.368 e. The van der Waals surface area contributed by atoms with Gasteiger partial charge in [0.05, 0.1) is 23.7 Å². The molecule has 1 aliphatic rings. The quantitative estimate of drug-likeness (QED) is 0.751. The minimum Gasteiger partial charge on any atom is -0.368 e. The van der Waals surface area contributed by atoms with Gasteiger partial charge in [-0.25, -0.2) is 9.67 Å². The van der Waals surface area contributed by atoms with E-state index in [2.05, 4.69) is 15.4 Å². The number of likely N-dealkylation sites (tertiary alicyclic amines) is 1. The van der Waals surface area contributed by atoms with Gasteiger partial charge in [0, 0.05) is 31.2 Å². The van der Waals surface area contributed by atoms with Gasteiger partial charge in [-0.3, -0.25) is 9.59 Å². The number of pyridine rings is 1. The fraction of sp³-hybridized carbons (Fsp3) is 0.300. The zero-order chi connectivity index (χ0) is 18.6. The van der Waals surface area contributed by atoms with Crippen LogP contribution >= 0.6 is 0 Å². The Hall–Kier alpha value is -3.22. The standard InChI is InChI=1S/C20H21N5O2/c26-19(24-11-3-4-12-24)17-8-5-9-21-18(17)22-10-13-25-20(27)16-7-2-1-6-15(16)14-23-25/h1-2,5-9,14H,3-4,10-13H2,(H,21,22). The van der Waals surface area contributed by atoms with Crippen LogP contribution in [0.1, 0.15) is 23.2 Å². The third-order valence-electron chi connectivity index (χ3n) is 4.81. The van der Waals surface area contributed by atoms with Crippen molar-refractivity contribution in [2.75, 3.05) is 25.0 Å². The van der Waals surface area contributed by atoms with Crippen LogP contribution < -0.4 is 10.9 Å². The molecule has 0 aliphatic carbocycles. The highest BCUT2D eigenvalue weighted by atomic mass is 16.2. The van der Waals surface area contributed by atoms with Crippen LogP contribution in [0.4, 0.5) is 5.82 Å². The van der Waals surface area contributed by atoms with Crippen LogP contribution in [0, 0.1) is 0 Å². The number of amides is 1. The van der Waals surface area contributed by atoms with E-state index < -0.39 is 0 Å². The average Bonchev–Trinajstić information content (AvgIpc) is 3.25. The Bertz CT molecular complexity index is 1020. The van der Waals surface area contributed by atoms with Gasteiger partial charge in [0.1, 0.15) is 5.82 Å². The lowest BCUT2D eigenvalue weighted by Gasteiger charge is -2.17.